The topological polar surface area (TPSA) is 55.1 Å². The van der Waals surface area contributed by atoms with Crippen molar-refractivity contribution in [3.8, 4) is 0 Å². The van der Waals surface area contributed by atoms with Crippen LogP contribution in [0.25, 0.3) is 0 Å². The summed E-state index contributed by atoms with van der Waals surface area (Å²) < 4.78 is 0. The summed E-state index contributed by atoms with van der Waals surface area (Å²) in [5.74, 6) is -0.521. The van der Waals surface area contributed by atoms with Crippen LogP contribution in [-0.2, 0) is 0 Å². The fourth-order valence-corrected chi connectivity index (χ4v) is 2.61. The summed E-state index contributed by atoms with van der Waals surface area (Å²) in [4.78, 5) is 12.4. The third kappa shape index (κ3) is 2.83. The highest BCUT2D eigenvalue weighted by atomic mass is 35.5. The first-order valence-electron chi connectivity index (χ1n) is 5.47. The molecule has 0 saturated heterocycles. The molecule has 0 aliphatic rings. The average molecular weight is 281 g/mol. The van der Waals surface area contributed by atoms with E-state index in [1.165, 1.54) is 4.88 Å². The number of nitrogens with one attached hydrogen (secondary N) is 1. The molecule has 5 heteroatoms. The molecule has 3 N–H and O–H groups in total. The molecule has 0 bridgehead atoms. The molecule has 94 valence electrons. The number of rotatable bonds is 4. The van der Waals surface area contributed by atoms with Crippen molar-refractivity contribution in [1.82, 2.24) is 0 Å². The summed E-state index contributed by atoms with van der Waals surface area (Å²) in [5, 5.41) is 5.71. The molecular formula is C13H13ClN2OS. The van der Waals surface area contributed by atoms with Crippen LogP contribution >= 0.6 is 22.9 Å². The third-order valence-electron chi connectivity index (χ3n) is 2.58. The second kappa shape index (κ2) is 5.42. The van der Waals surface area contributed by atoms with Gasteiger partial charge in [-0.05, 0) is 36.6 Å². The van der Waals surface area contributed by atoms with Crippen LogP contribution < -0.4 is 11.1 Å². The molecule has 18 heavy (non-hydrogen) atoms. The summed E-state index contributed by atoms with van der Waals surface area (Å²) in [7, 11) is 0. The Balaban J connectivity index is 2.20. The van der Waals surface area contributed by atoms with E-state index in [-0.39, 0.29) is 6.04 Å². The van der Waals surface area contributed by atoms with E-state index in [0.29, 0.717) is 10.6 Å². The summed E-state index contributed by atoms with van der Waals surface area (Å²) in [6, 6.07) is 9.42. The normalized spacial score (nSPS) is 12.1. The Kier molecular flexibility index (Phi) is 3.89. The van der Waals surface area contributed by atoms with Gasteiger partial charge in [0.05, 0.1) is 16.6 Å². The van der Waals surface area contributed by atoms with Crippen LogP contribution in [0.2, 0.25) is 5.02 Å². The molecule has 0 fully saturated rings. The van der Waals surface area contributed by atoms with Crippen molar-refractivity contribution in [1.29, 1.82) is 0 Å². The highest BCUT2D eigenvalue weighted by Crippen LogP contribution is 2.25. The highest BCUT2D eigenvalue weighted by molar-refractivity contribution is 7.10. The van der Waals surface area contributed by atoms with Crippen LogP contribution in [-0.4, -0.2) is 5.91 Å². The van der Waals surface area contributed by atoms with Crippen molar-refractivity contribution in [3.05, 3.63) is 51.2 Å². The van der Waals surface area contributed by atoms with Gasteiger partial charge in [-0.1, -0.05) is 17.7 Å². The number of anilines is 1. The Morgan fingerprint density at radius 3 is 2.83 bits per heavy atom. The maximum absolute atomic E-state index is 11.2. The minimum absolute atomic E-state index is 0.173. The zero-order valence-corrected chi connectivity index (χ0v) is 11.4. The monoisotopic (exact) mass is 280 g/mol. The predicted molar refractivity (Wildman–Crippen MR) is 76.3 cm³/mol. The van der Waals surface area contributed by atoms with Gasteiger partial charge in [-0.2, -0.15) is 0 Å². The van der Waals surface area contributed by atoms with E-state index in [1.54, 1.807) is 23.5 Å². The van der Waals surface area contributed by atoms with Gasteiger partial charge in [-0.3, -0.25) is 4.79 Å². The second-order valence-electron chi connectivity index (χ2n) is 3.94. The zero-order chi connectivity index (χ0) is 13.1. The molecule has 1 unspecified atom stereocenters. The largest absolute Gasteiger partial charge is 0.378 e. The molecule has 1 amide bonds. The van der Waals surface area contributed by atoms with Crippen molar-refractivity contribution >= 4 is 34.5 Å². The van der Waals surface area contributed by atoms with Gasteiger partial charge in [0.2, 0.25) is 5.91 Å². The number of hydrogen-bond donors (Lipinski definition) is 2. The first-order chi connectivity index (χ1) is 8.58. The second-order valence-corrected chi connectivity index (χ2v) is 5.33. The molecule has 2 aromatic rings. The molecular weight excluding hydrogens is 268 g/mol. The molecule has 2 rings (SSSR count). The lowest BCUT2D eigenvalue weighted by Crippen LogP contribution is -2.12. The summed E-state index contributed by atoms with van der Waals surface area (Å²) in [6.45, 7) is 2.06. The van der Waals surface area contributed by atoms with E-state index in [1.807, 2.05) is 17.5 Å². The molecule has 0 aliphatic heterocycles. The Bertz CT molecular complexity index is 554. The van der Waals surface area contributed by atoms with Crippen molar-refractivity contribution in [3.63, 3.8) is 0 Å². The molecule has 1 atom stereocenters. The van der Waals surface area contributed by atoms with Crippen LogP contribution in [0.4, 0.5) is 5.69 Å². The van der Waals surface area contributed by atoms with Gasteiger partial charge in [-0.25, -0.2) is 0 Å². The number of amides is 1. The van der Waals surface area contributed by atoms with Crippen LogP contribution in [0.3, 0.4) is 0 Å². The van der Waals surface area contributed by atoms with Crippen LogP contribution in [0.5, 0.6) is 0 Å². The zero-order valence-electron chi connectivity index (χ0n) is 9.81. The van der Waals surface area contributed by atoms with Gasteiger partial charge in [0.25, 0.3) is 0 Å². The number of primary amides is 1. The number of halogens is 1. The van der Waals surface area contributed by atoms with Crippen molar-refractivity contribution in [2.45, 2.75) is 13.0 Å². The molecule has 0 aliphatic carbocycles. The van der Waals surface area contributed by atoms with E-state index in [2.05, 4.69) is 18.3 Å². The Labute approximate surface area is 115 Å². The summed E-state index contributed by atoms with van der Waals surface area (Å²) >= 11 is 7.58. The van der Waals surface area contributed by atoms with E-state index >= 15 is 0 Å². The van der Waals surface area contributed by atoms with E-state index in [4.69, 9.17) is 17.3 Å². The molecule has 1 heterocycles. The van der Waals surface area contributed by atoms with Crippen LogP contribution in [0.1, 0.15) is 28.2 Å². The number of thiophene rings is 1. The van der Waals surface area contributed by atoms with Crippen molar-refractivity contribution < 1.29 is 4.79 Å². The van der Waals surface area contributed by atoms with Crippen LogP contribution in [0, 0.1) is 0 Å². The minimum atomic E-state index is -0.521. The van der Waals surface area contributed by atoms with E-state index in [9.17, 15) is 4.79 Å². The Morgan fingerprint density at radius 2 is 2.22 bits per heavy atom. The molecule has 1 aromatic heterocycles. The standard InChI is InChI=1S/C13H13ClN2OS/c1-8(12-3-2-6-18-12)16-9-4-5-11(14)10(7-9)13(15)17/h2-8,16H,1H3,(H2,15,17). The maximum Gasteiger partial charge on any atom is 0.250 e. The van der Waals surface area contributed by atoms with E-state index < -0.39 is 5.91 Å². The number of carbonyl (C=O) groups excluding carboxylic acids is 1. The van der Waals surface area contributed by atoms with Crippen LogP contribution in [0.15, 0.2) is 35.7 Å². The SMILES string of the molecule is CC(Nc1ccc(Cl)c(C(N)=O)c1)c1cccs1. The molecule has 1 aromatic carbocycles. The fourth-order valence-electron chi connectivity index (χ4n) is 1.66. The first kappa shape index (κ1) is 12.9. The molecule has 0 spiro atoms. The number of hydrogen-bond acceptors (Lipinski definition) is 3. The summed E-state index contributed by atoms with van der Waals surface area (Å²) in [6.07, 6.45) is 0. The predicted octanol–water partition coefficient (Wildman–Crippen LogP) is 3.67. The Morgan fingerprint density at radius 1 is 1.44 bits per heavy atom. The van der Waals surface area contributed by atoms with Gasteiger partial charge >= 0.3 is 0 Å². The minimum Gasteiger partial charge on any atom is -0.378 e. The molecule has 0 saturated carbocycles. The highest BCUT2D eigenvalue weighted by Gasteiger charge is 2.10. The van der Waals surface area contributed by atoms with Gasteiger partial charge in [0.15, 0.2) is 0 Å². The number of nitrogens with two attached hydrogens (primary N) is 1. The third-order valence-corrected chi connectivity index (χ3v) is 3.97. The smallest absolute Gasteiger partial charge is 0.250 e. The number of carbonyl (C=O) groups is 1. The first-order valence-corrected chi connectivity index (χ1v) is 6.73. The summed E-state index contributed by atoms with van der Waals surface area (Å²) in [5.41, 5.74) is 6.42. The Hall–Kier alpha value is -1.52. The molecule has 3 nitrogen and oxygen atoms in total. The average Bonchev–Trinajstić information content (AvgIpc) is 2.85. The lowest BCUT2D eigenvalue weighted by Gasteiger charge is -2.14. The van der Waals surface area contributed by atoms with E-state index in [0.717, 1.165) is 5.69 Å². The van der Waals surface area contributed by atoms with Gasteiger partial charge in [0, 0.05) is 10.6 Å². The maximum atomic E-state index is 11.2. The van der Waals surface area contributed by atoms with Crippen molar-refractivity contribution in [2.24, 2.45) is 5.73 Å². The van der Waals surface area contributed by atoms with Crippen molar-refractivity contribution in [2.75, 3.05) is 5.32 Å². The quantitative estimate of drug-likeness (QED) is 0.898. The van der Waals surface area contributed by atoms with Gasteiger partial charge in [-0.15, -0.1) is 11.3 Å². The van der Waals surface area contributed by atoms with Gasteiger partial charge < -0.3 is 11.1 Å². The lowest BCUT2D eigenvalue weighted by atomic mass is 10.1. The lowest BCUT2D eigenvalue weighted by molar-refractivity contribution is 0.100. The molecule has 0 radical (unpaired) electrons. The fraction of sp³-hybridized carbons (Fsp3) is 0.154. The number of benzene rings is 1. The van der Waals surface area contributed by atoms with Gasteiger partial charge in [0.1, 0.15) is 0 Å².